The zero-order valence-electron chi connectivity index (χ0n) is 16.0. The van der Waals surface area contributed by atoms with Gasteiger partial charge < -0.3 is 9.47 Å². The van der Waals surface area contributed by atoms with Crippen LogP contribution in [0.25, 0.3) is 24.0 Å². The molecule has 0 aliphatic heterocycles. The summed E-state index contributed by atoms with van der Waals surface area (Å²) in [6.07, 6.45) is 3.86. The van der Waals surface area contributed by atoms with Crippen molar-refractivity contribution >= 4 is 18.3 Å². The van der Waals surface area contributed by atoms with Crippen LogP contribution in [0.3, 0.4) is 0 Å². The minimum atomic E-state index is -0.119. The molecule has 28 heavy (non-hydrogen) atoms. The molecule has 0 unspecified atom stereocenters. The molecule has 4 rings (SSSR count). The van der Waals surface area contributed by atoms with E-state index in [9.17, 15) is 4.79 Å². The van der Waals surface area contributed by atoms with Gasteiger partial charge in [0, 0.05) is 37.4 Å². The maximum Gasteiger partial charge on any atom is 0.279 e. The second kappa shape index (κ2) is 7.12. The smallest absolute Gasteiger partial charge is 0.279 e. The molecule has 2 aromatic carbocycles. The quantitative estimate of drug-likeness (QED) is 0.599. The summed E-state index contributed by atoms with van der Waals surface area (Å²) in [4.78, 5) is 15.0. The molecular formula is C23H22N4O. The van der Waals surface area contributed by atoms with E-state index in [1.165, 1.54) is 4.68 Å². The van der Waals surface area contributed by atoms with Crippen molar-refractivity contribution in [1.82, 2.24) is 14.3 Å². The second-order valence-corrected chi connectivity index (χ2v) is 6.84. The first-order chi connectivity index (χ1) is 13.5. The lowest BCUT2D eigenvalue weighted by Gasteiger charge is -2.13. The Labute approximate surface area is 163 Å². The Morgan fingerprint density at radius 1 is 0.929 bits per heavy atom. The summed E-state index contributed by atoms with van der Waals surface area (Å²) in [6, 6.07) is 21.7. The van der Waals surface area contributed by atoms with Gasteiger partial charge >= 0.3 is 0 Å². The average Bonchev–Trinajstić information content (AvgIpc) is 3.29. The van der Waals surface area contributed by atoms with Crippen LogP contribution in [0.5, 0.6) is 0 Å². The summed E-state index contributed by atoms with van der Waals surface area (Å²) < 4.78 is 3.57. The number of aromatic nitrogens is 3. The molecule has 4 aromatic rings. The molecule has 0 amide bonds. The molecule has 5 nitrogen and oxygen atoms in total. The molecule has 0 saturated carbocycles. The zero-order chi connectivity index (χ0) is 19.7. The zero-order valence-corrected chi connectivity index (χ0v) is 16.0. The lowest BCUT2D eigenvalue weighted by Crippen LogP contribution is -2.34. The van der Waals surface area contributed by atoms with Crippen molar-refractivity contribution in [2.24, 2.45) is 0 Å². The number of H-pyrrole nitrogens is 1. The molecule has 1 N–H and O–H groups in total. The van der Waals surface area contributed by atoms with E-state index in [0.717, 1.165) is 22.8 Å². The molecule has 0 atom stereocenters. The number of hydrogen-bond acceptors (Lipinski definition) is 2. The molecule has 0 aliphatic carbocycles. The Balaban J connectivity index is 1.80. The Kier molecular flexibility index (Phi) is 4.49. The first-order valence-corrected chi connectivity index (χ1v) is 9.07. The van der Waals surface area contributed by atoms with Crippen LogP contribution in [0.1, 0.15) is 5.69 Å². The maximum absolute atomic E-state index is 12.9. The standard InChI is InChI=1S/C23H22N4O/c1-17-22(23(28)27(24-17)20-8-5-4-6-9-20)16-21-10-7-15-26(21)19-13-11-18(12-14-19)25(2)3/h4-16,24H,1H2,2-3H3/b22-16-. The number of anilines is 1. The van der Waals surface area contributed by atoms with Crippen molar-refractivity contribution in [3.8, 4) is 11.4 Å². The summed E-state index contributed by atoms with van der Waals surface area (Å²) in [5, 5.41) is 4.21. The van der Waals surface area contributed by atoms with E-state index in [-0.39, 0.29) is 5.56 Å². The van der Waals surface area contributed by atoms with Gasteiger partial charge in [-0.15, -0.1) is 0 Å². The van der Waals surface area contributed by atoms with Gasteiger partial charge in [0.05, 0.1) is 16.3 Å². The minimum absolute atomic E-state index is 0.119. The van der Waals surface area contributed by atoms with Gasteiger partial charge in [0.15, 0.2) is 0 Å². The Bertz CT molecular complexity index is 1260. The van der Waals surface area contributed by atoms with Crippen molar-refractivity contribution in [2.45, 2.75) is 0 Å². The van der Waals surface area contributed by atoms with Gasteiger partial charge in [0.1, 0.15) is 0 Å². The van der Waals surface area contributed by atoms with Crippen LogP contribution in [0.4, 0.5) is 5.69 Å². The van der Waals surface area contributed by atoms with E-state index in [1.54, 1.807) is 0 Å². The van der Waals surface area contributed by atoms with Crippen molar-refractivity contribution < 1.29 is 0 Å². The Morgan fingerprint density at radius 2 is 1.64 bits per heavy atom. The summed E-state index contributed by atoms with van der Waals surface area (Å²) in [5.74, 6) is 0. The lowest BCUT2D eigenvalue weighted by atomic mass is 10.2. The first kappa shape index (κ1) is 17.7. The normalized spacial score (nSPS) is 11.7. The molecule has 0 spiro atoms. The highest BCUT2D eigenvalue weighted by atomic mass is 16.1. The molecule has 0 radical (unpaired) electrons. The highest BCUT2D eigenvalue weighted by Gasteiger charge is 2.07. The van der Waals surface area contributed by atoms with Gasteiger partial charge in [-0.05, 0) is 54.6 Å². The third kappa shape index (κ3) is 3.18. The average molecular weight is 370 g/mol. The predicted molar refractivity (Wildman–Crippen MR) is 115 cm³/mol. The van der Waals surface area contributed by atoms with Crippen LogP contribution < -0.4 is 21.0 Å². The Morgan fingerprint density at radius 3 is 2.32 bits per heavy atom. The number of benzene rings is 2. The monoisotopic (exact) mass is 370 g/mol. The molecular weight excluding hydrogens is 348 g/mol. The van der Waals surface area contributed by atoms with Crippen LogP contribution in [0.15, 0.2) is 77.7 Å². The summed E-state index contributed by atoms with van der Waals surface area (Å²) in [7, 11) is 4.03. The van der Waals surface area contributed by atoms with Crippen LogP contribution in [0, 0.1) is 0 Å². The SMILES string of the molecule is C=c1[nH]n(-c2ccccc2)c(=O)/c1=C\c1cccn1-c1ccc(N(C)C)cc1. The van der Waals surface area contributed by atoms with Crippen molar-refractivity contribution in [1.29, 1.82) is 0 Å². The fourth-order valence-electron chi connectivity index (χ4n) is 3.21. The van der Waals surface area contributed by atoms with Gasteiger partial charge in [-0.2, -0.15) is 0 Å². The van der Waals surface area contributed by atoms with E-state index in [2.05, 4.69) is 45.4 Å². The van der Waals surface area contributed by atoms with Gasteiger partial charge in [0.25, 0.3) is 5.56 Å². The van der Waals surface area contributed by atoms with Crippen molar-refractivity contribution in [2.75, 3.05) is 19.0 Å². The number of nitrogens with zero attached hydrogens (tertiary/aromatic N) is 3. The topological polar surface area (TPSA) is 46.0 Å². The maximum atomic E-state index is 12.9. The molecule has 0 fully saturated rings. The molecule has 2 aromatic heterocycles. The number of hydrogen-bond donors (Lipinski definition) is 1. The highest BCUT2D eigenvalue weighted by Crippen LogP contribution is 2.17. The Hall–Kier alpha value is -3.73. The summed E-state index contributed by atoms with van der Waals surface area (Å²) in [6.45, 7) is 4.02. The largest absolute Gasteiger partial charge is 0.378 e. The highest BCUT2D eigenvalue weighted by molar-refractivity contribution is 5.54. The van der Waals surface area contributed by atoms with Gasteiger partial charge in [-0.3, -0.25) is 9.89 Å². The van der Waals surface area contributed by atoms with Crippen molar-refractivity contribution in [3.63, 3.8) is 0 Å². The number of rotatable bonds is 4. The first-order valence-electron chi connectivity index (χ1n) is 9.07. The lowest BCUT2D eigenvalue weighted by molar-refractivity contribution is 0.838. The molecule has 140 valence electrons. The van der Waals surface area contributed by atoms with Crippen LogP contribution in [0.2, 0.25) is 0 Å². The fraction of sp³-hybridized carbons (Fsp3) is 0.0870. The summed E-state index contributed by atoms with van der Waals surface area (Å²) in [5.41, 5.74) is 3.75. The van der Waals surface area contributed by atoms with Gasteiger partial charge in [-0.1, -0.05) is 24.8 Å². The number of nitrogens with one attached hydrogen (secondary N) is 1. The molecule has 0 bridgehead atoms. The molecule has 0 saturated heterocycles. The third-order valence-electron chi connectivity index (χ3n) is 4.74. The minimum Gasteiger partial charge on any atom is -0.378 e. The van der Waals surface area contributed by atoms with E-state index in [0.29, 0.717) is 10.6 Å². The fourth-order valence-corrected chi connectivity index (χ4v) is 3.21. The second-order valence-electron chi connectivity index (χ2n) is 6.84. The van der Waals surface area contributed by atoms with E-state index < -0.39 is 0 Å². The van der Waals surface area contributed by atoms with E-state index in [1.807, 2.05) is 68.8 Å². The number of aromatic amines is 1. The van der Waals surface area contributed by atoms with Gasteiger partial charge in [0.2, 0.25) is 0 Å². The van der Waals surface area contributed by atoms with Crippen LogP contribution in [-0.4, -0.2) is 28.4 Å². The van der Waals surface area contributed by atoms with Gasteiger partial charge in [-0.25, -0.2) is 4.68 Å². The molecule has 0 aliphatic rings. The van der Waals surface area contributed by atoms with Crippen LogP contribution >= 0.6 is 0 Å². The van der Waals surface area contributed by atoms with E-state index >= 15 is 0 Å². The van der Waals surface area contributed by atoms with Crippen LogP contribution in [-0.2, 0) is 0 Å². The predicted octanol–water partition coefficient (Wildman–Crippen LogP) is 2.26. The number of para-hydroxylation sites is 1. The molecule has 5 heteroatoms. The third-order valence-corrected chi connectivity index (χ3v) is 4.74. The van der Waals surface area contributed by atoms with E-state index in [4.69, 9.17) is 0 Å². The summed E-state index contributed by atoms with van der Waals surface area (Å²) >= 11 is 0. The molecule has 2 heterocycles. The van der Waals surface area contributed by atoms with Crippen molar-refractivity contribution in [3.05, 3.63) is 99.5 Å².